The molecule has 0 aromatic rings. The molecular formula is C23H27Br2Zr. The number of halogens is 2. The van der Waals surface area contributed by atoms with Crippen LogP contribution in [0.5, 0.6) is 0 Å². The fourth-order valence-electron chi connectivity index (χ4n) is 4.70. The molecule has 1 unspecified atom stereocenters. The maximum absolute atomic E-state index is 4.14. The Morgan fingerprint density at radius 3 is 2.08 bits per heavy atom. The van der Waals surface area contributed by atoms with E-state index in [0.29, 0.717) is 7.25 Å². The van der Waals surface area contributed by atoms with Crippen molar-refractivity contribution in [3.63, 3.8) is 0 Å². The molecule has 0 aromatic heterocycles. The first-order valence-corrected chi connectivity index (χ1v) is 24.1. The number of hydrogen-bond acceptors (Lipinski definition) is 0. The van der Waals surface area contributed by atoms with E-state index in [1.165, 1.54) is 51.4 Å². The normalized spacial score (nSPS) is 27.1. The van der Waals surface area contributed by atoms with Crippen molar-refractivity contribution >= 4 is 24.4 Å². The van der Waals surface area contributed by atoms with Crippen molar-refractivity contribution in [2.45, 2.75) is 58.6 Å². The van der Waals surface area contributed by atoms with Crippen LogP contribution >= 0.6 is 24.4 Å². The van der Waals surface area contributed by atoms with Crippen molar-refractivity contribution < 1.29 is 15.6 Å². The fourth-order valence-corrected chi connectivity index (χ4v) is 19.0. The molecule has 0 bridgehead atoms. The minimum Gasteiger partial charge on any atom is -0.0761 e. The summed E-state index contributed by atoms with van der Waals surface area (Å²) < 4.78 is 1.35. The summed E-state index contributed by atoms with van der Waals surface area (Å²) in [5.41, 5.74) is 6.59. The van der Waals surface area contributed by atoms with E-state index in [9.17, 15) is 0 Å². The third-order valence-corrected chi connectivity index (χ3v) is 24.8. The van der Waals surface area contributed by atoms with Gasteiger partial charge >= 0.3 is 121 Å². The van der Waals surface area contributed by atoms with Gasteiger partial charge in [-0.3, -0.25) is 0 Å². The third-order valence-electron chi connectivity index (χ3n) is 6.18. The quantitative estimate of drug-likeness (QED) is 0.321. The van der Waals surface area contributed by atoms with Crippen LogP contribution in [0.3, 0.4) is 0 Å². The standard InChI is InChI=1S/2C9H11.C5H5.2BrH.Zr/c2*1-2-5-9-7-3-6-8(9)4-1;1-2-4-5-3-1;;;/h2*3,6-7H,1-2,4-5H2;1-5H;2*1H;/q;;;;;+2/p-2. The maximum Gasteiger partial charge on any atom is 0.00864 e. The van der Waals surface area contributed by atoms with Gasteiger partial charge in [-0.1, -0.05) is 17.7 Å². The van der Waals surface area contributed by atoms with Gasteiger partial charge in [0.25, 0.3) is 0 Å². The third kappa shape index (κ3) is 4.16. The van der Waals surface area contributed by atoms with Gasteiger partial charge in [0.05, 0.1) is 0 Å². The molecule has 0 saturated heterocycles. The Bertz CT molecular complexity index is 721. The summed E-state index contributed by atoms with van der Waals surface area (Å²) in [7, 11) is 0. The van der Waals surface area contributed by atoms with Gasteiger partial charge in [0.15, 0.2) is 0 Å². The van der Waals surface area contributed by atoms with Gasteiger partial charge in [-0.05, 0) is 31.3 Å². The molecule has 0 aliphatic heterocycles. The zero-order chi connectivity index (χ0) is 18.0. The molecule has 26 heavy (non-hydrogen) atoms. The van der Waals surface area contributed by atoms with Crippen molar-refractivity contribution in [2.24, 2.45) is 0 Å². The summed E-state index contributed by atoms with van der Waals surface area (Å²) >= 11 is 5.82. The van der Waals surface area contributed by atoms with Crippen LogP contribution in [0.2, 0.25) is 7.25 Å². The largest absolute Gasteiger partial charge is 0.0761 e. The molecule has 0 spiro atoms. The zero-order valence-corrected chi connectivity index (χ0v) is 20.9. The smallest absolute Gasteiger partial charge is 0.00864 e. The van der Waals surface area contributed by atoms with E-state index in [4.69, 9.17) is 0 Å². The summed E-state index contributed by atoms with van der Waals surface area (Å²) in [4.78, 5) is 0. The molecule has 1 atom stereocenters. The molecule has 5 aliphatic rings. The van der Waals surface area contributed by atoms with Crippen molar-refractivity contribution in [1.82, 2.24) is 0 Å². The molecule has 1 radical (unpaired) electrons. The van der Waals surface area contributed by atoms with E-state index in [0.717, 1.165) is 0 Å². The van der Waals surface area contributed by atoms with Crippen molar-refractivity contribution in [3.8, 4) is 0 Å². The van der Waals surface area contributed by atoms with E-state index in [2.05, 4.69) is 79.5 Å². The van der Waals surface area contributed by atoms with Gasteiger partial charge in [-0.15, -0.1) is 0 Å². The minimum atomic E-state index is -2.45. The zero-order valence-electron chi connectivity index (χ0n) is 15.3. The van der Waals surface area contributed by atoms with E-state index in [-0.39, 0.29) is 0 Å². The first-order chi connectivity index (χ1) is 12.7. The van der Waals surface area contributed by atoms with Gasteiger partial charge in [0, 0.05) is 6.42 Å². The Kier molecular flexibility index (Phi) is 6.59. The second kappa shape index (κ2) is 8.75. The van der Waals surface area contributed by atoms with Crippen molar-refractivity contribution in [2.75, 3.05) is 0 Å². The summed E-state index contributed by atoms with van der Waals surface area (Å²) in [6, 6.07) is 0. The molecule has 5 aliphatic carbocycles. The van der Waals surface area contributed by atoms with Crippen molar-refractivity contribution in [1.29, 1.82) is 0 Å². The predicted octanol–water partition coefficient (Wildman–Crippen LogP) is 8.53. The molecule has 0 heterocycles. The molecular weight excluding hydrogens is 527 g/mol. The van der Waals surface area contributed by atoms with E-state index in [1.54, 1.807) is 22.3 Å². The SMILES string of the molecule is [Br][Zr]([Br])([CH]1C=CC=C1)[CH]1C=CC2=C1CCCC2.[CH]1C=CC2=C1CCCC2. The second-order valence-electron chi connectivity index (χ2n) is 7.85. The van der Waals surface area contributed by atoms with Crippen LogP contribution in [-0.2, 0) is 15.6 Å². The molecule has 0 amide bonds. The van der Waals surface area contributed by atoms with Crippen LogP contribution in [-0.4, -0.2) is 0 Å². The average molecular weight is 555 g/mol. The molecule has 0 aromatic carbocycles. The Hall–Kier alpha value is 0.283. The Labute approximate surface area is 174 Å². The van der Waals surface area contributed by atoms with Gasteiger partial charge in [0.2, 0.25) is 0 Å². The van der Waals surface area contributed by atoms with Crippen LogP contribution in [0.25, 0.3) is 0 Å². The number of rotatable bonds is 2. The summed E-state index contributed by atoms with van der Waals surface area (Å²) in [5.74, 6) is 0. The number of allylic oxidation sites excluding steroid dienone is 12. The van der Waals surface area contributed by atoms with E-state index >= 15 is 0 Å². The molecule has 0 nitrogen and oxygen atoms in total. The minimum absolute atomic E-state index is 0.646. The van der Waals surface area contributed by atoms with E-state index < -0.39 is 15.6 Å². The fraction of sp³-hybridized carbons (Fsp3) is 0.435. The van der Waals surface area contributed by atoms with E-state index in [1.807, 2.05) is 0 Å². The Morgan fingerprint density at radius 1 is 0.692 bits per heavy atom. The van der Waals surface area contributed by atoms with Gasteiger partial charge in [-0.25, -0.2) is 0 Å². The monoisotopic (exact) mass is 551 g/mol. The van der Waals surface area contributed by atoms with Crippen LogP contribution in [0.4, 0.5) is 0 Å². The van der Waals surface area contributed by atoms with Crippen LogP contribution in [0, 0.1) is 6.42 Å². The molecule has 3 heteroatoms. The molecule has 0 saturated carbocycles. The summed E-state index contributed by atoms with van der Waals surface area (Å²) in [6.45, 7) is 0. The predicted molar refractivity (Wildman–Crippen MR) is 117 cm³/mol. The summed E-state index contributed by atoms with van der Waals surface area (Å²) in [5, 5.41) is 0. The van der Waals surface area contributed by atoms with Gasteiger partial charge in [-0.2, -0.15) is 0 Å². The van der Waals surface area contributed by atoms with Gasteiger partial charge < -0.3 is 0 Å². The number of hydrogen-bond donors (Lipinski definition) is 0. The molecule has 5 rings (SSSR count). The Balaban J connectivity index is 0.000000157. The van der Waals surface area contributed by atoms with Crippen LogP contribution in [0.15, 0.2) is 70.9 Å². The van der Waals surface area contributed by atoms with Crippen LogP contribution < -0.4 is 0 Å². The molecule has 0 N–H and O–H groups in total. The molecule has 137 valence electrons. The average Bonchev–Trinajstić information content (AvgIpc) is 3.42. The first-order valence-electron chi connectivity index (χ1n) is 10.0. The Morgan fingerprint density at radius 2 is 1.35 bits per heavy atom. The topological polar surface area (TPSA) is 0 Å². The van der Waals surface area contributed by atoms with Crippen molar-refractivity contribution in [3.05, 3.63) is 77.3 Å². The first kappa shape index (κ1) is 19.6. The second-order valence-corrected chi connectivity index (χ2v) is 36.2. The molecule has 0 fully saturated rings. The van der Waals surface area contributed by atoms with Gasteiger partial charge in [0.1, 0.15) is 0 Å². The maximum atomic E-state index is 4.14. The van der Waals surface area contributed by atoms with Crippen LogP contribution in [0.1, 0.15) is 51.4 Å². The summed E-state index contributed by atoms with van der Waals surface area (Å²) in [6.07, 6.45) is 31.5.